The van der Waals surface area contributed by atoms with E-state index in [0.29, 0.717) is 18.8 Å². The van der Waals surface area contributed by atoms with Crippen LogP contribution in [-0.2, 0) is 10.3 Å². The number of rotatable bonds is 13. The summed E-state index contributed by atoms with van der Waals surface area (Å²) in [5.41, 5.74) is 14.3. The predicted octanol–water partition coefficient (Wildman–Crippen LogP) is 4.58. The summed E-state index contributed by atoms with van der Waals surface area (Å²) in [7, 11) is 0. The third-order valence-electron chi connectivity index (χ3n) is 6.24. The first-order chi connectivity index (χ1) is 16.2. The SMILES string of the molecule is NCCCCCCN([C@@H](CS)C(N)=O)C(c1ccccc1)(c1ccccc1)c1ccccc1. The molecule has 0 fully saturated rings. The van der Waals surface area contributed by atoms with Crippen LogP contribution >= 0.6 is 12.6 Å². The first kappa shape index (κ1) is 25.0. The second-order valence-corrected chi connectivity index (χ2v) is 8.67. The van der Waals surface area contributed by atoms with Gasteiger partial charge in [-0.1, -0.05) is 104 Å². The van der Waals surface area contributed by atoms with E-state index < -0.39 is 11.6 Å². The van der Waals surface area contributed by atoms with E-state index in [1.165, 1.54) is 0 Å². The molecule has 0 aliphatic rings. The molecule has 5 heteroatoms. The Balaban J connectivity index is 2.26. The van der Waals surface area contributed by atoms with Gasteiger partial charge in [-0.2, -0.15) is 12.6 Å². The quantitative estimate of drug-likeness (QED) is 0.198. The summed E-state index contributed by atoms with van der Waals surface area (Å²) in [5, 5.41) is 0. The van der Waals surface area contributed by atoms with Gasteiger partial charge in [0.2, 0.25) is 5.91 Å². The van der Waals surface area contributed by atoms with Crippen molar-refractivity contribution in [2.75, 3.05) is 18.8 Å². The summed E-state index contributed by atoms with van der Waals surface area (Å²) in [4.78, 5) is 15.0. The van der Waals surface area contributed by atoms with Crippen LogP contribution in [0.2, 0.25) is 0 Å². The number of carbonyl (C=O) groups is 1. The highest BCUT2D eigenvalue weighted by Gasteiger charge is 2.45. The van der Waals surface area contributed by atoms with Gasteiger partial charge in [-0.05, 0) is 36.1 Å². The Hall–Kier alpha value is -2.60. The standard InChI is InChI=1S/C28H35N3OS/c29-20-12-1-2-13-21-31(26(22-33)27(30)32)28(23-14-6-3-7-15-23,24-16-8-4-9-17-24)25-18-10-5-11-19-25/h3-11,14-19,26,33H,1-2,12-13,20-22,29H2,(H2,30,32)/t26-/m0/s1. The van der Waals surface area contributed by atoms with Crippen molar-refractivity contribution in [3.05, 3.63) is 108 Å². The lowest BCUT2D eigenvalue weighted by atomic mass is 9.74. The topological polar surface area (TPSA) is 72.3 Å². The van der Waals surface area contributed by atoms with Crippen LogP contribution < -0.4 is 11.5 Å². The van der Waals surface area contributed by atoms with Gasteiger partial charge in [-0.25, -0.2) is 0 Å². The molecule has 0 aromatic heterocycles. The Morgan fingerprint density at radius 1 is 0.758 bits per heavy atom. The van der Waals surface area contributed by atoms with E-state index >= 15 is 0 Å². The molecule has 0 saturated heterocycles. The van der Waals surface area contributed by atoms with Gasteiger partial charge in [-0.15, -0.1) is 0 Å². The number of hydrogen-bond donors (Lipinski definition) is 3. The van der Waals surface area contributed by atoms with Gasteiger partial charge in [0, 0.05) is 12.3 Å². The van der Waals surface area contributed by atoms with Crippen LogP contribution in [0.4, 0.5) is 0 Å². The molecule has 0 unspecified atom stereocenters. The smallest absolute Gasteiger partial charge is 0.235 e. The number of unbranched alkanes of at least 4 members (excludes halogenated alkanes) is 3. The van der Waals surface area contributed by atoms with E-state index in [-0.39, 0.29) is 5.91 Å². The average Bonchev–Trinajstić information content (AvgIpc) is 2.86. The average molecular weight is 462 g/mol. The van der Waals surface area contributed by atoms with E-state index in [2.05, 4.69) is 90.3 Å². The monoisotopic (exact) mass is 461 g/mol. The molecule has 0 aliphatic heterocycles. The molecule has 0 bridgehead atoms. The number of nitrogens with two attached hydrogens (primary N) is 2. The van der Waals surface area contributed by atoms with Crippen LogP contribution in [0.15, 0.2) is 91.0 Å². The molecule has 174 valence electrons. The van der Waals surface area contributed by atoms with Gasteiger partial charge < -0.3 is 11.5 Å². The Labute approximate surface area is 203 Å². The first-order valence-corrected chi connectivity index (χ1v) is 12.3. The van der Waals surface area contributed by atoms with Crippen molar-refractivity contribution in [2.45, 2.75) is 37.3 Å². The fraction of sp³-hybridized carbons (Fsp3) is 0.321. The molecule has 0 aliphatic carbocycles. The van der Waals surface area contributed by atoms with Gasteiger partial charge in [0.05, 0.1) is 11.6 Å². The highest BCUT2D eigenvalue weighted by molar-refractivity contribution is 7.80. The van der Waals surface area contributed by atoms with E-state index in [0.717, 1.165) is 42.4 Å². The number of primary amides is 1. The molecule has 0 radical (unpaired) electrons. The third kappa shape index (κ3) is 5.67. The predicted molar refractivity (Wildman–Crippen MR) is 140 cm³/mol. The minimum absolute atomic E-state index is 0.340. The van der Waals surface area contributed by atoms with E-state index in [9.17, 15) is 4.79 Å². The summed E-state index contributed by atoms with van der Waals surface area (Å²) in [5.74, 6) is -0.0223. The zero-order valence-electron chi connectivity index (χ0n) is 19.1. The van der Waals surface area contributed by atoms with Crippen LogP contribution in [0.1, 0.15) is 42.4 Å². The van der Waals surface area contributed by atoms with Crippen molar-refractivity contribution in [3.63, 3.8) is 0 Å². The fourth-order valence-corrected chi connectivity index (χ4v) is 5.09. The van der Waals surface area contributed by atoms with Gasteiger partial charge in [0.25, 0.3) is 0 Å². The van der Waals surface area contributed by atoms with Crippen LogP contribution in [0.25, 0.3) is 0 Å². The molecular weight excluding hydrogens is 426 g/mol. The summed E-state index contributed by atoms with van der Waals surface area (Å²) < 4.78 is 0. The lowest BCUT2D eigenvalue weighted by Crippen LogP contribution is -2.58. The molecular formula is C28H35N3OS. The molecule has 1 amide bonds. The molecule has 4 nitrogen and oxygen atoms in total. The number of benzene rings is 3. The maximum atomic E-state index is 12.8. The molecule has 4 N–H and O–H groups in total. The molecule has 3 rings (SSSR count). The lowest BCUT2D eigenvalue weighted by molar-refractivity contribution is -0.124. The van der Waals surface area contributed by atoms with Crippen molar-refractivity contribution in [1.82, 2.24) is 4.90 Å². The zero-order valence-corrected chi connectivity index (χ0v) is 20.0. The van der Waals surface area contributed by atoms with Crippen molar-refractivity contribution in [1.29, 1.82) is 0 Å². The molecule has 0 spiro atoms. The lowest BCUT2D eigenvalue weighted by Gasteiger charge is -2.48. The molecule has 0 saturated carbocycles. The van der Waals surface area contributed by atoms with E-state index in [1.54, 1.807) is 0 Å². The van der Waals surface area contributed by atoms with Gasteiger partial charge in [-0.3, -0.25) is 9.69 Å². The number of hydrogen-bond acceptors (Lipinski definition) is 4. The second kappa shape index (κ2) is 12.6. The molecule has 33 heavy (non-hydrogen) atoms. The highest BCUT2D eigenvalue weighted by atomic mass is 32.1. The number of thiol groups is 1. The van der Waals surface area contributed by atoms with Crippen LogP contribution in [0, 0.1) is 0 Å². The summed E-state index contributed by atoms with van der Waals surface area (Å²) in [6, 6.07) is 30.6. The first-order valence-electron chi connectivity index (χ1n) is 11.7. The van der Waals surface area contributed by atoms with E-state index in [4.69, 9.17) is 11.5 Å². The largest absolute Gasteiger partial charge is 0.368 e. The van der Waals surface area contributed by atoms with Crippen molar-refractivity contribution in [3.8, 4) is 0 Å². The minimum Gasteiger partial charge on any atom is -0.368 e. The molecule has 3 aromatic rings. The third-order valence-corrected chi connectivity index (χ3v) is 6.58. The summed E-state index contributed by atoms with van der Waals surface area (Å²) in [6.45, 7) is 1.41. The maximum Gasteiger partial charge on any atom is 0.235 e. The highest BCUT2D eigenvalue weighted by Crippen LogP contribution is 2.43. The summed E-state index contributed by atoms with van der Waals surface area (Å²) >= 11 is 4.58. The van der Waals surface area contributed by atoms with Crippen molar-refractivity contribution < 1.29 is 4.79 Å². The maximum absolute atomic E-state index is 12.8. The number of amides is 1. The summed E-state index contributed by atoms with van der Waals surface area (Å²) in [6.07, 6.45) is 4.06. The fourth-order valence-electron chi connectivity index (χ4n) is 4.71. The van der Waals surface area contributed by atoms with Gasteiger partial charge in [0.15, 0.2) is 0 Å². The van der Waals surface area contributed by atoms with Gasteiger partial charge >= 0.3 is 0 Å². The minimum atomic E-state index is -0.694. The van der Waals surface area contributed by atoms with Crippen molar-refractivity contribution in [2.24, 2.45) is 11.5 Å². The van der Waals surface area contributed by atoms with Crippen molar-refractivity contribution >= 4 is 18.5 Å². The Bertz CT molecular complexity index is 870. The Morgan fingerprint density at radius 3 is 1.55 bits per heavy atom. The number of nitrogens with zero attached hydrogens (tertiary/aromatic N) is 1. The van der Waals surface area contributed by atoms with Crippen LogP contribution in [-0.4, -0.2) is 35.7 Å². The van der Waals surface area contributed by atoms with Gasteiger partial charge in [0.1, 0.15) is 0 Å². The molecule has 1 atom stereocenters. The normalized spacial score (nSPS) is 12.6. The molecule has 3 aromatic carbocycles. The van der Waals surface area contributed by atoms with E-state index in [1.807, 2.05) is 18.2 Å². The zero-order chi connectivity index (χ0) is 23.5. The Kier molecular flexibility index (Phi) is 9.55. The Morgan fingerprint density at radius 2 is 1.18 bits per heavy atom. The number of carbonyl (C=O) groups excluding carboxylic acids is 1. The van der Waals surface area contributed by atoms with Crippen LogP contribution in [0.3, 0.4) is 0 Å². The van der Waals surface area contributed by atoms with Crippen LogP contribution in [0.5, 0.6) is 0 Å². The second-order valence-electron chi connectivity index (χ2n) is 8.31. The molecule has 0 heterocycles.